The number of imidazole rings is 1. The maximum atomic E-state index is 14.0. The van der Waals surface area contributed by atoms with Gasteiger partial charge in [-0.25, -0.2) is 9.97 Å². The molecule has 0 spiro atoms. The Labute approximate surface area is 255 Å². The number of anilines is 3. The number of pyridine rings is 2. The van der Waals surface area contributed by atoms with Gasteiger partial charge in [-0.1, -0.05) is 18.1 Å². The average Bonchev–Trinajstić information content (AvgIpc) is 3.75. The lowest BCUT2D eigenvalue weighted by Crippen LogP contribution is -2.37. The van der Waals surface area contributed by atoms with Crippen LogP contribution in [0.25, 0.3) is 11.0 Å². The van der Waals surface area contributed by atoms with Crippen LogP contribution in [0.3, 0.4) is 0 Å². The molecular weight excluding hydrogens is 554 g/mol. The molecule has 222 valence electrons. The van der Waals surface area contributed by atoms with Crippen molar-refractivity contribution in [3.8, 4) is 11.8 Å². The van der Waals surface area contributed by atoms with Crippen molar-refractivity contribution < 1.29 is 4.74 Å². The van der Waals surface area contributed by atoms with Crippen molar-refractivity contribution in [2.24, 2.45) is 7.05 Å². The van der Waals surface area contributed by atoms with Crippen LogP contribution in [0.4, 0.5) is 17.3 Å². The zero-order valence-corrected chi connectivity index (χ0v) is 24.5. The second-order valence-electron chi connectivity index (χ2n) is 11.1. The summed E-state index contributed by atoms with van der Waals surface area (Å²) in [5.41, 5.74) is 4.76. The van der Waals surface area contributed by atoms with Gasteiger partial charge in [-0.15, -0.1) is 0 Å². The number of benzene rings is 1. The fourth-order valence-electron chi connectivity index (χ4n) is 5.80. The van der Waals surface area contributed by atoms with Gasteiger partial charge in [0.25, 0.3) is 5.56 Å². The van der Waals surface area contributed by atoms with Crippen LogP contribution in [-0.4, -0.2) is 68.5 Å². The van der Waals surface area contributed by atoms with Crippen LogP contribution in [0.15, 0.2) is 72.2 Å². The Balaban J connectivity index is 1.27. The predicted octanol–water partition coefficient (Wildman–Crippen LogP) is 3.03. The van der Waals surface area contributed by atoms with Crippen LogP contribution in [-0.2, 0) is 18.3 Å². The van der Waals surface area contributed by atoms with Gasteiger partial charge in [0.1, 0.15) is 5.65 Å². The first-order valence-corrected chi connectivity index (χ1v) is 14.9. The summed E-state index contributed by atoms with van der Waals surface area (Å²) < 4.78 is 9.05. The van der Waals surface area contributed by atoms with Gasteiger partial charge >= 0.3 is 0 Å². The Morgan fingerprint density at radius 1 is 1.07 bits per heavy atom. The summed E-state index contributed by atoms with van der Waals surface area (Å²) in [6, 6.07) is 12.2. The first-order chi connectivity index (χ1) is 21.6. The lowest BCUT2D eigenvalue weighted by molar-refractivity contribution is 0.122. The summed E-state index contributed by atoms with van der Waals surface area (Å²) in [5, 5.41) is 7.46. The zero-order valence-electron chi connectivity index (χ0n) is 24.5. The largest absolute Gasteiger partial charge is 0.378 e. The topological polar surface area (TPSA) is 115 Å². The number of ether oxygens (including phenoxy) is 1. The molecule has 6 heterocycles. The van der Waals surface area contributed by atoms with E-state index in [0.717, 1.165) is 49.5 Å². The van der Waals surface area contributed by atoms with Gasteiger partial charge in [0.15, 0.2) is 5.82 Å². The van der Waals surface area contributed by atoms with E-state index >= 15 is 0 Å². The van der Waals surface area contributed by atoms with Crippen molar-refractivity contribution in [3.63, 3.8) is 0 Å². The highest BCUT2D eigenvalue weighted by atomic mass is 16.5. The van der Waals surface area contributed by atoms with Gasteiger partial charge < -0.3 is 24.8 Å². The number of morpholine rings is 1. The molecule has 2 saturated heterocycles. The minimum absolute atomic E-state index is 0.241. The highest BCUT2D eigenvalue weighted by molar-refractivity contribution is 5.78. The van der Waals surface area contributed by atoms with E-state index in [2.05, 4.69) is 66.6 Å². The molecule has 1 unspecified atom stereocenters. The van der Waals surface area contributed by atoms with E-state index in [1.54, 1.807) is 29.2 Å². The molecule has 44 heavy (non-hydrogen) atoms. The first kappa shape index (κ1) is 27.8. The lowest BCUT2D eigenvalue weighted by Gasteiger charge is -2.30. The molecule has 11 nitrogen and oxygen atoms in total. The quantitative estimate of drug-likeness (QED) is 0.289. The third-order valence-electron chi connectivity index (χ3n) is 8.21. The van der Waals surface area contributed by atoms with E-state index in [9.17, 15) is 4.79 Å². The summed E-state index contributed by atoms with van der Waals surface area (Å²) in [5.74, 6) is 7.61. The van der Waals surface area contributed by atoms with Crippen molar-refractivity contribution in [3.05, 3.63) is 100 Å². The maximum Gasteiger partial charge on any atom is 0.268 e. The normalized spacial score (nSPS) is 16.6. The molecule has 0 amide bonds. The van der Waals surface area contributed by atoms with Crippen molar-refractivity contribution in [2.45, 2.75) is 18.9 Å². The molecule has 0 radical (unpaired) electrons. The average molecular weight is 588 g/mol. The molecular formula is C33H33N9O2. The Kier molecular flexibility index (Phi) is 7.75. The van der Waals surface area contributed by atoms with Gasteiger partial charge in [-0.2, -0.15) is 4.98 Å². The molecule has 2 aliphatic heterocycles. The Hall–Kier alpha value is -5.05. The van der Waals surface area contributed by atoms with E-state index in [-0.39, 0.29) is 12.1 Å². The molecule has 1 atom stereocenters. The van der Waals surface area contributed by atoms with Crippen LogP contribution in [0, 0.1) is 11.8 Å². The first-order valence-electron chi connectivity index (χ1n) is 14.9. The molecule has 2 aliphatic rings. The standard InChI is InChI=1S/C33H33N9O2/c1-40-13-12-36-30(40)7-4-24-18-26-21-37-33(38-28-5-2-23(3-6-28)25-8-10-34-19-25)39-31(26)42(32(24)43)22-27-20-35-11-9-29(27)41-14-16-44-17-15-41/h2-3,5-6,9,11-13,18,20-21,25,34H,8,10,14-17,19,22H2,1H3,(H,37,38,39). The second kappa shape index (κ2) is 12.3. The fourth-order valence-corrected chi connectivity index (χ4v) is 5.80. The molecule has 1 aromatic carbocycles. The van der Waals surface area contributed by atoms with Crippen LogP contribution < -0.4 is 21.1 Å². The van der Waals surface area contributed by atoms with Crippen molar-refractivity contribution in [1.29, 1.82) is 0 Å². The number of hydrogen-bond donors (Lipinski definition) is 2. The number of fused-ring (bicyclic) bond motifs is 1. The van der Waals surface area contributed by atoms with E-state index < -0.39 is 0 Å². The number of rotatable bonds is 6. The summed E-state index contributed by atoms with van der Waals surface area (Å²) in [4.78, 5) is 34.4. The summed E-state index contributed by atoms with van der Waals surface area (Å²) in [6.45, 7) is 5.20. The Morgan fingerprint density at radius 2 is 1.93 bits per heavy atom. The highest BCUT2D eigenvalue weighted by Crippen LogP contribution is 2.26. The second-order valence-corrected chi connectivity index (χ2v) is 11.1. The minimum atomic E-state index is -0.241. The van der Waals surface area contributed by atoms with Crippen LogP contribution in [0.5, 0.6) is 0 Å². The third kappa shape index (κ3) is 5.77. The number of nitrogens with one attached hydrogen (secondary N) is 2. The molecule has 5 aromatic rings. The van der Waals surface area contributed by atoms with E-state index in [1.165, 1.54) is 5.56 Å². The smallest absolute Gasteiger partial charge is 0.268 e. The highest BCUT2D eigenvalue weighted by Gasteiger charge is 2.19. The summed E-state index contributed by atoms with van der Waals surface area (Å²) in [7, 11) is 1.87. The van der Waals surface area contributed by atoms with Crippen LogP contribution >= 0.6 is 0 Å². The maximum absolute atomic E-state index is 14.0. The minimum Gasteiger partial charge on any atom is -0.378 e. The van der Waals surface area contributed by atoms with Crippen LogP contribution in [0.1, 0.15) is 34.9 Å². The molecule has 11 heteroatoms. The van der Waals surface area contributed by atoms with Gasteiger partial charge in [-0.3, -0.25) is 14.3 Å². The van der Waals surface area contributed by atoms with Crippen molar-refractivity contribution in [1.82, 2.24) is 34.4 Å². The van der Waals surface area contributed by atoms with Crippen molar-refractivity contribution in [2.75, 3.05) is 49.6 Å². The lowest BCUT2D eigenvalue weighted by atomic mass is 9.98. The number of hydrogen-bond acceptors (Lipinski definition) is 9. The number of aromatic nitrogens is 6. The molecule has 2 fully saturated rings. The molecule has 4 aromatic heterocycles. The summed E-state index contributed by atoms with van der Waals surface area (Å²) >= 11 is 0. The Morgan fingerprint density at radius 3 is 2.70 bits per heavy atom. The number of aryl methyl sites for hydroxylation is 1. The predicted molar refractivity (Wildman–Crippen MR) is 169 cm³/mol. The van der Waals surface area contributed by atoms with Crippen LogP contribution in [0.2, 0.25) is 0 Å². The van der Waals surface area contributed by atoms with E-state index in [1.807, 2.05) is 30.1 Å². The van der Waals surface area contributed by atoms with Gasteiger partial charge in [0.2, 0.25) is 5.95 Å². The third-order valence-corrected chi connectivity index (χ3v) is 8.21. The van der Waals surface area contributed by atoms with Gasteiger partial charge in [-0.05, 0) is 54.6 Å². The zero-order chi connectivity index (χ0) is 29.9. The molecule has 0 bridgehead atoms. The monoisotopic (exact) mass is 587 g/mol. The SMILES string of the molecule is Cn1ccnc1C#Cc1cc2cnc(Nc3ccc(C4CCNC4)cc3)nc2n(Cc2cnccc2N2CCOCC2)c1=O. The summed E-state index contributed by atoms with van der Waals surface area (Å²) in [6.07, 6.45) is 9.98. The number of nitrogens with zero attached hydrogens (tertiary/aromatic N) is 7. The van der Waals surface area contributed by atoms with E-state index in [0.29, 0.717) is 47.5 Å². The molecule has 0 saturated carbocycles. The molecule has 2 N–H and O–H groups in total. The van der Waals surface area contributed by atoms with Gasteiger partial charge in [0.05, 0.1) is 25.3 Å². The van der Waals surface area contributed by atoms with Gasteiger partial charge in [0, 0.05) is 80.0 Å². The molecule has 0 aliphatic carbocycles. The molecule has 7 rings (SSSR count). The Bertz CT molecular complexity index is 1910. The van der Waals surface area contributed by atoms with Crippen molar-refractivity contribution >= 4 is 28.4 Å². The van der Waals surface area contributed by atoms with E-state index in [4.69, 9.17) is 9.72 Å². The fraction of sp³-hybridized carbons (Fsp3) is 0.303.